The summed E-state index contributed by atoms with van der Waals surface area (Å²) in [5.41, 5.74) is 3.28. The van der Waals surface area contributed by atoms with Gasteiger partial charge in [-0.1, -0.05) is 29.7 Å². The van der Waals surface area contributed by atoms with Gasteiger partial charge in [-0.2, -0.15) is 0 Å². The lowest BCUT2D eigenvalue weighted by molar-refractivity contribution is 0.218. The fourth-order valence-electron chi connectivity index (χ4n) is 5.09. The van der Waals surface area contributed by atoms with Crippen molar-refractivity contribution in [2.24, 2.45) is 0 Å². The molecule has 0 radical (unpaired) electrons. The van der Waals surface area contributed by atoms with Crippen molar-refractivity contribution >= 4 is 21.9 Å². The molecule has 1 aromatic heterocycles. The highest BCUT2D eigenvalue weighted by Gasteiger charge is 2.27. The first-order valence-electron chi connectivity index (χ1n) is 12.9. The predicted octanol–water partition coefficient (Wildman–Crippen LogP) is 6.07. The zero-order valence-electron chi connectivity index (χ0n) is 22.4. The van der Waals surface area contributed by atoms with Crippen LogP contribution in [0.5, 0.6) is 23.0 Å². The first kappa shape index (κ1) is 26.6. The van der Waals surface area contributed by atoms with Gasteiger partial charge in [0.25, 0.3) is 0 Å². The van der Waals surface area contributed by atoms with E-state index in [-0.39, 0.29) is 51.4 Å². The van der Waals surface area contributed by atoms with Crippen molar-refractivity contribution in [2.45, 2.75) is 66.3 Å². The van der Waals surface area contributed by atoms with Gasteiger partial charge in [0.1, 0.15) is 22.5 Å². The van der Waals surface area contributed by atoms with Crippen molar-refractivity contribution in [1.82, 2.24) is 4.90 Å². The number of likely N-dealkylation sites (tertiary alicyclic amines) is 1. The van der Waals surface area contributed by atoms with E-state index in [4.69, 9.17) is 9.15 Å². The van der Waals surface area contributed by atoms with Crippen LogP contribution >= 0.6 is 0 Å². The third-order valence-corrected chi connectivity index (χ3v) is 7.05. The van der Waals surface area contributed by atoms with E-state index in [0.29, 0.717) is 29.7 Å². The van der Waals surface area contributed by atoms with Crippen LogP contribution in [-0.2, 0) is 19.4 Å². The highest BCUT2D eigenvalue weighted by Crippen LogP contribution is 2.43. The van der Waals surface area contributed by atoms with E-state index in [1.165, 1.54) is 19.6 Å². The Morgan fingerprint density at radius 1 is 0.919 bits per heavy atom. The lowest BCUT2D eigenvalue weighted by Crippen LogP contribution is -2.29. The van der Waals surface area contributed by atoms with Crippen LogP contribution in [0.3, 0.4) is 0 Å². The van der Waals surface area contributed by atoms with Crippen molar-refractivity contribution in [3.05, 3.63) is 56.3 Å². The topological polar surface area (TPSA) is 103 Å². The van der Waals surface area contributed by atoms with Crippen LogP contribution in [-0.4, -0.2) is 40.4 Å². The molecule has 0 amide bonds. The molecule has 0 saturated carbocycles. The van der Waals surface area contributed by atoms with Crippen molar-refractivity contribution in [3.8, 4) is 23.0 Å². The molecule has 0 bridgehead atoms. The van der Waals surface area contributed by atoms with Crippen molar-refractivity contribution in [2.75, 3.05) is 20.2 Å². The summed E-state index contributed by atoms with van der Waals surface area (Å²) < 4.78 is 11.7. The zero-order valence-corrected chi connectivity index (χ0v) is 22.4. The average Bonchev–Trinajstić information content (AvgIpc) is 2.85. The molecule has 0 unspecified atom stereocenters. The second kappa shape index (κ2) is 10.9. The molecule has 0 spiro atoms. The molecule has 37 heavy (non-hydrogen) atoms. The van der Waals surface area contributed by atoms with Crippen LogP contribution in [0.15, 0.2) is 38.6 Å². The number of piperidine rings is 1. The summed E-state index contributed by atoms with van der Waals surface area (Å²) in [5.74, 6) is -0.268. The first-order chi connectivity index (χ1) is 17.6. The highest BCUT2D eigenvalue weighted by atomic mass is 16.5. The Kier molecular flexibility index (Phi) is 7.83. The maximum atomic E-state index is 14.1. The molecule has 1 saturated heterocycles. The Bertz CT molecular complexity index is 1450. The largest absolute Gasteiger partial charge is 0.507 e. The minimum Gasteiger partial charge on any atom is -0.507 e. The van der Waals surface area contributed by atoms with Crippen LogP contribution in [0.4, 0.5) is 0 Å². The van der Waals surface area contributed by atoms with Gasteiger partial charge < -0.3 is 24.5 Å². The Morgan fingerprint density at radius 2 is 1.54 bits per heavy atom. The molecule has 1 fully saturated rings. The van der Waals surface area contributed by atoms with Gasteiger partial charge >= 0.3 is 0 Å². The second-order valence-corrected chi connectivity index (χ2v) is 10.4. The molecule has 4 rings (SSSR count). The number of fused-ring (bicyclic) bond motifs is 2. The molecule has 3 N–H and O–H groups in total. The Labute approximate surface area is 217 Å². The van der Waals surface area contributed by atoms with Crippen molar-refractivity contribution in [1.29, 1.82) is 0 Å². The van der Waals surface area contributed by atoms with Crippen LogP contribution < -0.4 is 10.2 Å². The van der Waals surface area contributed by atoms with Gasteiger partial charge in [0.2, 0.25) is 5.43 Å². The van der Waals surface area contributed by atoms with Gasteiger partial charge in [-0.25, -0.2) is 0 Å². The zero-order chi connectivity index (χ0) is 26.9. The summed E-state index contributed by atoms with van der Waals surface area (Å²) >= 11 is 0. The smallest absolute Gasteiger partial charge is 0.204 e. The summed E-state index contributed by atoms with van der Waals surface area (Å²) in [5, 5.41) is 33.7. The first-order valence-corrected chi connectivity index (χ1v) is 12.9. The minimum atomic E-state index is -0.414. The van der Waals surface area contributed by atoms with E-state index in [2.05, 4.69) is 4.90 Å². The Morgan fingerprint density at radius 3 is 2.14 bits per heavy atom. The molecular formula is C30H37NO6. The SMILES string of the molecule is COc1c(O)cc2oc3c(CN4CCCCC4)c(O)c(CC=C(C)C)c(O)c3c(=O)c2c1CC=C(C)C. The number of hydrogen-bond acceptors (Lipinski definition) is 7. The molecule has 2 heterocycles. The Hall–Kier alpha value is -3.45. The van der Waals surface area contributed by atoms with Gasteiger partial charge in [-0.05, 0) is 66.5 Å². The predicted molar refractivity (Wildman–Crippen MR) is 147 cm³/mol. The van der Waals surface area contributed by atoms with E-state index < -0.39 is 5.43 Å². The van der Waals surface area contributed by atoms with Gasteiger partial charge in [-0.3, -0.25) is 9.69 Å². The number of allylic oxidation sites excluding steroid dienone is 4. The summed E-state index contributed by atoms with van der Waals surface area (Å²) in [6.07, 6.45) is 7.78. The number of phenols is 3. The fourth-order valence-corrected chi connectivity index (χ4v) is 5.09. The van der Waals surface area contributed by atoms with Crippen LogP contribution in [0.2, 0.25) is 0 Å². The standard InChI is InChI=1S/C30H37NO6/c1-17(2)9-11-19-24-23(15-22(32)29(19)36-5)37-30-21(16-31-13-7-6-8-14-31)26(33)20(12-10-18(3)4)27(34)25(30)28(24)35/h9-10,15,32-34H,6-8,11-14,16H2,1-5H3. The highest BCUT2D eigenvalue weighted by molar-refractivity contribution is 5.99. The number of methoxy groups -OCH3 is 1. The normalized spacial score (nSPS) is 14.2. The minimum absolute atomic E-state index is 0.0423. The molecule has 1 aliphatic heterocycles. The summed E-state index contributed by atoms with van der Waals surface area (Å²) in [6.45, 7) is 9.95. The molecule has 7 nitrogen and oxygen atoms in total. The monoisotopic (exact) mass is 507 g/mol. The maximum absolute atomic E-state index is 14.1. The molecule has 1 aliphatic rings. The third-order valence-electron chi connectivity index (χ3n) is 7.05. The van der Waals surface area contributed by atoms with E-state index in [1.807, 2.05) is 39.8 Å². The van der Waals surface area contributed by atoms with Gasteiger partial charge in [0.15, 0.2) is 17.1 Å². The number of rotatable bonds is 7. The molecule has 198 valence electrons. The summed E-state index contributed by atoms with van der Waals surface area (Å²) in [7, 11) is 1.44. The summed E-state index contributed by atoms with van der Waals surface area (Å²) in [6, 6.07) is 1.37. The number of benzene rings is 2. The molecular weight excluding hydrogens is 470 g/mol. The number of phenolic OH excluding ortho intramolecular Hbond substituents is 3. The van der Waals surface area contributed by atoms with Gasteiger partial charge in [-0.15, -0.1) is 0 Å². The molecule has 0 atom stereocenters. The third kappa shape index (κ3) is 5.18. The Balaban J connectivity index is 2.10. The van der Waals surface area contributed by atoms with E-state index in [1.54, 1.807) is 0 Å². The van der Waals surface area contributed by atoms with E-state index in [9.17, 15) is 20.1 Å². The lowest BCUT2D eigenvalue weighted by Gasteiger charge is -2.27. The molecule has 2 aromatic carbocycles. The van der Waals surface area contributed by atoms with Crippen LogP contribution in [0.1, 0.15) is 63.6 Å². The van der Waals surface area contributed by atoms with Crippen LogP contribution in [0, 0.1) is 0 Å². The van der Waals surface area contributed by atoms with E-state index in [0.717, 1.165) is 37.1 Å². The molecule has 3 aromatic rings. The fraction of sp³-hybridized carbons (Fsp3) is 0.433. The number of hydrogen-bond donors (Lipinski definition) is 3. The van der Waals surface area contributed by atoms with E-state index >= 15 is 0 Å². The second-order valence-electron chi connectivity index (χ2n) is 10.4. The quantitative estimate of drug-likeness (QED) is 0.263. The average molecular weight is 508 g/mol. The van der Waals surface area contributed by atoms with Crippen LogP contribution in [0.25, 0.3) is 21.9 Å². The lowest BCUT2D eigenvalue weighted by atomic mass is 9.95. The molecule has 0 aliphatic carbocycles. The number of aromatic hydroxyl groups is 3. The molecule has 7 heteroatoms. The van der Waals surface area contributed by atoms with Crippen molar-refractivity contribution in [3.63, 3.8) is 0 Å². The number of nitrogens with zero attached hydrogens (tertiary/aromatic N) is 1. The maximum Gasteiger partial charge on any atom is 0.204 e. The number of ether oxygens (including phenoxy) is 1. The van der Waals surface area contributed by atoms with Gasteiger partial charge in [0, 0.05) is 23.7 Å². The van der Waals surface area contributed by atoms with Gasteiger partial charge in [0.05, 0.1) is 18.1 Å². The summed E-state index contributed by atoms with van der Waals surface area (Å²) in [4.78, 5) is 16.3. The van der Waals surface area contributed by atoms with Crippen molar-refractivity contribution < 1.29 is 24.5 Å².